The van der Waals surface area contributed by atoms with Crippen LogP contribution in [0.2, 0.25) is 0 Å². The fraction of sp³-hybridized carbons (Fsp3) is 0.278. The van der Waals surface area contributed by atoms with Crippen LogP contribution >= 0.6 is 0 Å². The average molecular weight is 311 g/mol. The second kappa shape index (κ2) is 6.20. The van der Waals surface area contributed by atoms with E-state index in [1.807, 2.05) is 12.1 Å². The Morgan fingerprint density at radius 1 is 1.17 bits per heavy atom. The van der Waals surface area contributed by atoms with E-state index in [2.05, 4.69) is 0 Å². The third-order valence-corrected chi connectivity index (χ3v) is 4.09. The Morgan fingerprint density at radius 2 is 1.96 bits per heavy atom. The van der Waals surface area contributed by atoms with Crippen LogP contribution in [0.25, 0.3) is 0 Å². The minimum atomic E-state index is -0.498. The summed E-state index contributed by atoms with van der Waals surface area (Å²) in [6.45, 7) is 1.56. The number of Topliss-reactive ketones (excluding diaryl/α,β-unsaturated/α-hetero) is 1. The second-order valence-corrected chi connectivity index (χ2v) is 5.78. The third-order valence-electron chi connectivity index (χ3n) is 4.09. The summed E-state index contributed by atoms with van der Waals surface area (Å²) >= 11 is 0. The van der Waals surface area contributed by atoms with Crippen molar-refractivity contribution >= 4 is 11.5 Å². The lowest BCUT2D eigenvalue weighted by atomic mass is 10.0. The predicted octanol–water partition coefficient (Wildman–Crippen LogP) is 3.65. The maximum Gasteiger partial charge on any atom is 0.311 e. The summed E-state index contributed by atoms with van der Waals surface area (Å²) in [5.41, 5.74) is 3.77. The number of nitro benzene ring substituents is 1. The summed E-state index contributed by atoms with van der Waals surface area (Å²) < 4.78 is 5.40. The fourth-order valence-electron chi connectivity index (χ4n) is 2.86. The SMILES string of the molecule is Cc1ccc(OCC(=O)c2ccc3c(c2)CCC3)c([N+](=O)[O-])c1. The number of nitro groups is 1. The number of ether oxygens (including phenoxy) is 1. The molecule has 0 N–H and O–H groups in total. The Hall–Kier alpha value is -2.69. The quantitative estimate of drug-likeness (QED) is 0.480. The van der Waals surface area contributed by atoms with Crippen LogP contribution in [0, 0.1) is 17.0 Å². The largest absolute Gasteiger partial charge is 0.478 e. The number of hydrogen-bond acceptors (Lipinski definition) is 4. The average Bonchev–Trinajstić information content (AvgIpc) is 3.00. The molecule has 0 aliphatic heterocycles. The van der Waals surface area contributed by atoms with Crippen molar-refractivity contribution in [1.29, 1.82) is 0 Å². The molecule has 0 unspecified atom stereocenters. The molecule has 0 fully saturated rings. The van der Waals surface area contributed by atoms with Crippen LogP contribution in [-0.2, 0) is 12.8 Å². The maximum absolute atomic E-state index is 12.3. The van der Waals surface area contributed by atoms with E-state index in [0.717, 1.165) is 24.8 Å². The zero-order valence-electron chi connectivity index (χ0n) is 12.9. The fourth-order valence-corrected chi connectivity index (χ4v) is 2.86. The lowest BCUT2D eigenvalue weighted by molar-refractivity contribution is -0.385. The second-order valence-electron chi connectivity index (χ2n) is 5.78. The molecule has 1 aliphatic rings. The van der Waals surface area contributed by atoms with Crippen LogP contribution in [0.15, 0.2) is 36.4 Å². The highest BCUT2D eigenvalue weighted by molar-refractivity contribution is 5.97. The number of fused-ring (bicyclic) bond motifs is 1. The number of rotatable bonds is 5. The summed E-state index contributed by atoms with van der Waals surface area (Å²) in [5.74, 6) is -0.0512. The van der Waals surface area contributed by atoms with E-state index in [9.17, 15) is 14.9 Å². The van der Waals surface area contributed by atoms with Crippen molar-refractivity contribution in [2.75, 3.05) is 6.61 Å². The van der Waals surface area contributed by atoms with E-state index in [-0.39, 0.29) is 23.8 Å². The highest BCUT2D eigenvalue weighted by Gasteiger charge is 2.18. The van der Waals surface area contributed by atoms with Crippen molar-refractivity contribution in [3.8, 4) is 5.75 Å². The van der Waals surface area contributed by atoms with Gasteiger partial charge in [-0.1, -0.05) is 18.2 Å². The molecule has 0 atom stereocenters. The van der Waals surface area contributed by atoms with Crippen molar-refractivity contribution in [2.45, 2.75) is 26.2 Å². The molecule has 23 heavy (non-hydrogen) atoms. The van der Waals surface area contributed by atoms with E-state index in [1.165, 1.54) is 23.3 Å². The number of nitrogens with zero attached hydrogens (tertiary/aromatic N) is 1. The monoisotopic (exact) mass is 311 g/mol. The summed E-state index contributed by atoms with van der Waals surface area (Å²) in [4.78, 5) is 22.8. The Balaban J connectivity index is 1.73. The van der Waals surface area contributed by atoms with Gasteiger partial charge in [-0.05, 0) is 55.0 Å². The van der Waals surface area contributed by atoms with Gasteiger partial charge in [-0.25, -0.2) is 0 Å². The topological polar surface area (TPSA) is 69.4 Å². The molecule has 0 amide bonds. The highest BCUT2D eigenvalue weighted by atomic mass is 16.6. The summed E-state index contributed by atoms with van der Waals surface area (Å²) in [6, 6.07) is 10.4. The Labute approximate surface area is 134 Å². The molecule has 0 aromatic heterocycles. The van der Waals surface area contributed by atoms with Crippen LogP contribution in [0.3, 0.4) is 0 Å². The Kier molecular flexibility index (Phi) is 4.10. The normalized spacial score (nSPS) is 12.7. The molecule has 0 bridgehead atoms. The summed E-state index contributed by atoms with van der Waals surface area (Å²) in [5, 5.41) is 11.1. The van der Waals surface area contributed by atoms with Gasteiger partial charge in [-0.3, -0.25) is 14.9 Å². The van der Waals surface area contributed by atoms with E-state index < -0.39 is 4.92 Å². The van der Waals surface area contributed by atoms with Gasteiger partial charge in [0.2, 0.25) is 0 Å². The van der Waals surface area contributed by atoms with Gasteiger partial charge in [0.05, 0.1) is 4.92 Å². The van der Waals surface area contributed by atoms with Crippen LogP contribution in [0.5, 0.6) is 5.75 Å². The third kappa shape index (κ3) is 3.23. The van der Waals surface area contributed by atoms with Crippen LogP contribution in [0.4, 0.5) is 5.69 Å². The Bertz CT molecular complexity index is 783. The summed E-state index contributed by atoms with van der Waals surface area (Å²) in [6.07, 6.45) is 3.19. The number of ketones is 1. The zero-order valence-corrected chi connectivity index (χ0v) is 12.9. The molecule has 2 aromatic rings. The molecule has 2 aromatic carbocycles. The first-order valence-corrected chi connectivity index (χ1v) is 7.57. The summed E-state index contributed by atoms with van der Waals surface area (Å²) in [7, 11) is 0. The minimum absolute atomic E-state index is 0.119. The Morgan fingerprint density at radius 3 is 2.74 bits per heavy atom. The maximum atomic E-state index is 12.3. The highest BCUT2D eigenvalue weighted by Crippen LogP contribution is 2.28. The molecule has 5 heteroatoms. The number of benzene rings is 2. The first-order valence-electron chi connectivity index (χ1n) is 7.57. The minimum Gasteiger partial charge on any atom is -0.478 e. The number of carbonyl (C=O) groups excluding carboxylic acids is 1. The van der Waals surface area contributed by atoms with Gasteiger partial charge >= 0.3 is 5.69 Å². The molecule has 5 nitrogen and oxygen atoms in total. The first-order chi connectivity index (χ1) is 11.0. The van der Waals surface area contributed by atoms with E-state index in [1.54, 1.807) is 19.1 Å². The van der Waals surface area contributed by atoms with Crippen LogP contribution in [0.1, 0.15) is 33.5 Å². The molecule has 0 heterocycles. The molecule has 0 saturated heterocycles. The van der Waals surface area contributed by atoms with Gasteiger partial charge in [-0.2, -0.15) is 0 Å². The first kappa shape index (κ1) is 15.2. The van der Waals surface area contributed by atoms with Gasteiger partial charge in [0.1, 0.15) is 0 Å². The van der Waals surface area contributed by atoms with E-state index in [4.69, 9.17) is 4.74 Å². The number of carbonyl (C=O) groups is 1. The van der Waals surface area contributed by atoms with Crippen molar-refractivity contribution in [3.63, 3.8) is 0 Å². The lowest BCUT2D eigenvalue weighted by Crippen LogP contribution is -2.12. The zero-order chi connectivity index (χ0) is 16.4. The van der Waals surface area contributed by atoms with Crippen molar-refractivity contribution in [2.24, 2.45) is 0 Å². The molecule has 1 aliphatic carbocycles. The van der Waals surface area contributed by atoms with Crippen molar-refractivity contribution < 1.29 is 14.5 Å². The van der Waals surface area contributed by atoms with Gasteiger partial charge in [-0.15, -0.1) is 0 Å². The van der Waals surface area contributed by atoms with Gasteiger partial charge < -0.3 is 4.74 Å². The van der Waals surface area contributed by atoms with Gasteiger partial charge in [0.15, 0.2) is 18.1 Å². The number of hydrogen-bond donors (Lipinski definition) is 0. The van der Waals surface area contributed by atoms with Crippen LogP contribution < -0.4 is 4.74 Å². The standard InChI is InChI=1S/C18H17NO4/c1-12-5-8-18(16(9-12)19(21)22)23-11-17(20)15-7-6-13-3-2-4-14(13)10-15/h5-10H,2-4,11H2,1H3. The van der Waals surface area contributed by atoms with Crippen LogP contribution in [-0.4, -0.2) is 17.3 Å². The molecule has 0 saturated carbocycles. The number of aryl methyl sites for hydroxylation is 3. The van der Waals surface area contributed by atoms with Crippen molar-refractivity contribution in [3.05, 3.63) is 68.8 Å². The molecule has 0 radical (unpaired) electrons. The van der Waals surface area contributed by atoms with E-state index in [0.29, 0.717) is 5.56 Å². The molecular formula is C18H17NO4. The molecule has 118 valence electrons. The van der Waals surface area contributed by atoms with Gasteiger partial charge in [0.25, 0.3) is 0 Å². The molecule has 3 rings (SSSR count). The smallest absolute Gasteiger partial charge is 0.311 e. The predicted molar refractivity (Wildman–Crippen MR) is 86.1 cm³/mol. The van der Waals surface area contributed by atoms with Gasteiger partial charge in [0, 0.05) is 11.6 Å². The van der Waals surface area contributed by atoms with Crippen molar-refractivity contribution in [1.82, 2.24) is 0 Å². The van der Waals surface area contributed by atoms with E-state index >= 15 is 0 Å². The molecular weight excluding hydrogens is 294 g/mol. The lowest BCUT2D eigenvalue weighted by Gasteiger charge is -2.08. The molecule has 0 spiro atoms.